The number of sulfone groups is 1. The maximum absolute atomic E-state index is 14.2. The highest BCUT2D eigenvalue weighted by Crippen LogP contribution is 2.34. The molecule has 1 aromatic carbocycles. The topological polar surface area (TPSA) is 105 Å². The summed E-state index contributed by atoms with van der Waals surface area (Å²) >= 11 is 0. The molecule has 3 aliphatic rings. The fraction of sp³-hybridized carbons (Fsp3) is 0.652. The molecule has 1 aliphatic carbocycles. The van der Waals surface area contributed by atoms with Gasteiger partial charge in [-0.2, -0.15) is 0 Å². The van der Waals surface area contributed by atoms with Gasteiger partial charge in [0, 0.05) is 12.5 Å². The van der Waals surface area contributed by atoms with E-state index >= 15 is 0 Å². The van der Waals surface area contributed by atoms with E-state index in [0.29, 0.717) is 38.3 Å². The lowest BCUT2D eigenvalue weighted by Gasteiger charge is -2.35. The number of hydrogen-bond donors (Lipinski definition) is 2. The Morgan fingerprint density at radius 3 is 2.58 bits per heavy atom. The molecular formula is C23H32FN3O5S. The number of benzene rings is 1. The predicted octanol–water partition coefficient (Wildman–Crippen LogP) is 2.05. The van der Waals surface area contributed by atoms with Crippen LogP contribution in [0.15, 0.2) is 18.2 Å². The molecule has 33 heavy (non-hydrogen) atoms. The first kappa shape index (κ1) is 23.9. The van der Waals surface area contributed by atoms with Gasteiger partial charge in [0.05, 0.1) is 18.1 Å². The first-order valence-electron chi connectivity index (χ1n) is 11.7. The van der Waals surface area contributed by atoms with Gasteiger partial charge in [-0.15, -0.1) is 0 Å². The zero-order valence-electron chi connectivity index (χ0n) is 18.7. The van der Waals surface area contributed by atoms with Gasteiger partial charge < -0.3 is 15.0 Å². The van der Waals surface area contributed by atoms with Gasteiger partial charge in [-0.1, -0.05) is 12.5 Å². The highest BCUT2D eigenvalue weighted by molar-refractivity contribution is 7.91. The minimum atomic E-state index is -3.32. The molecule has 0 radical (unpaired) electrons. The van der Waals surface area contributed by atoms with Gasteiger partial charge in [0.2, 0.25) is 5.91 Å². The summed E-state index contributed by atoms with van der Waals surface area (Å²) in [6.07, 6.45) is 4.02. The molecule has 10 heteroatoms. The molecule has 1 aromatic rings. The Hall–Kier alpha value is -2.20. The highest BCUT2D eigenvalue weighted by atomic mass is 32.2. The van der Waals surface area contributed by atoms with E-state index in [1.165, 1.54) is 11.0 Å². The van der Waals surface area contributed by atoms with E-state index in [-0.39, 0.29) is 47.6 Å². The van der Waals surface area contributed by atoms with E-state index in [1.54, 1.807) is 12.1 Å². The van der Waals surface area contributed by atoms with Crippen LogP contribution < -0.4 is 15.4 Å². The summed E-state index contributed by atoms with van der Waals surface area (Å²) < 4.78 is 45.7. The summed E-state index contributed by atoms with van der Waals surface area (Å²) in [4.78, 5) is 24.2. The maximum Gasteiger partial charge on any atom is 0.324 e. The molecule has 1 saturated carbocycles. The molecule has 1 atom stereocenters. The summed E-state index contributed by atoms with van der Waals surface area (Å²) in [6, 6.07) is 4.35. The number of nitrogens with one attached hydrogen (secondary N) is 2. The van der Waals surface area contributed by atoms with Crippen molar-refractivity contribution in [3.05, 3.63) is 29.6 Å². The molecule has 2 heterocycles. The molecule has 182 valence electrons. The van der Waals surface area contributed by atoms with Crippen molar-refractivity contribution in [1.29, 1.82) is 0 Å². The fourth-order valence-corrected chi connectivity index (χ4v) is 6.10. The molecule has 0 spiro atoms. The quantitative estimate of drug-likeness (QED) is 0.330. The smallest absolute Gasteiger partial charge is 0.324 e. The van der Waals surface area contributed by atoms with Crippen LogP contribution in [0.3, 0.4) is 0 Å². The van der Waals surface area contributed by atoms with E-state index in [0.717, 1.165) is 31.5 Å². The second kappa shape index (κ2) is 10.4. The molecular weight excluding hydrogens is 449 g/mol. The van der Waals surface area contributed by atoms with Crippen molar-refractivity contribution in [2.75, 3.05) is 44.3 Å². The minimum Gasteiger partial charge on any atom is -0.490 e. The first-order valence-corrected chi connectivity index (χ1v) is 13.5. The third-order valence-electron chi connectivity index (χ3n) is 6.62. The summed E-state index contributed by atoms with van der Waals surface area (Å²) in [6.45, 7) is 2.49. The Kier molecular flexibility index (Phi) is 7.53. The van der Waals surface area contributed by atoms with E-state index in [4.69, 9.17) is 4.74 Å². The summed E-state index contributed by atoms with van der Waals surface area (Å²) in [5, 5.41) is 5.43. The lowest BCUT2D eigenvalue weighted by molar-refractivity contribution is -0.118. The average molecular weight is 482 g/mol. The molecule has 0 bridgehead atoms. The Balaban J connectivity index is 1.30. The van der Waals surface area contributed by atoms with Gasteiger partial charge in [-0.05, 0) is 68.3 Å². The number of urea groups is 1. The Bertz CT molecular complexity index is 978. The number of nitrogens with zero attached hydrogens (tertiary/aromatic N) is 1. The Morgan fingerprint density at radius 2 is 1.94 bits per heavy atom. The van der Waals surface area contributed by atoms with E-state index in [9.17, 15) is 22.4 Å². The second-order valence-corrected chi connectivity index (χ2v) is 11.6. The first-order chi connectivity index (χ1) is 15.8. The van der Waals surface area contributed by atoms with Crippen LogP contribution in [0.4, 0.5) is 9.18 Å². The number of halogens is 1. The SMILES string of the molecule is O=C1CN(CCCCCS(=O)(=O)C[C@@H](c2ccc(F)c(OCC3CC3)c2)C2CNC2)C(=O)N1. The number of carbonyl (C=O) groups is 2. The van der Waals surface area contributed by atoms with Crippen LogP contribution in [0.2, 0.25) is 0 Å². The molecule has 8 nitrogen and oxygen atoms in total. The number of carbonyl (C=O) groups excluding carboxylic acids is 2. The number of unbranched alkanes of at least 4 members (excludes halogenated alkanes) is 2. The highest BCUT2D eigenvalue weighted by Gasteiger charge is 2.33. The molecule has 2 aliphatic heterocycles. The Labute approximate surface area is 194 Å². The van der Waals surface area contributed by atoms with Crippen LogP contribution in [0.1, 0.15) is 43.6 Å². The van der Waals surface area contributed by atoms with Gasteiger partial charge in [-0.3, -0.25) is 10.1 Å². The largest absolute Gasteiger partial charge is 0.490 e. The minimum absolute atomic E-state index is 0.0239. The van der Waals surface area contributed by atoms with Crippen molar-refractivity contribution >= 4 is 21.8 Å². The van der Waals surface area contributed by atoms with Crippen LogP contribution in [0.5, 0.6) is 5.75 Å². The van der Waals surface area contributed by atoms with Gasteiger partial charge in [-0.25, -0.2) is 17.6 Å². The molecule has 2 saturated heterocycles. The van der Waals surface area contributed by atoms with Crippen LogP contribution in [0, 0.1) is 17.7 Å². The van der Waals surface area contributed by atoms with Crippen LogP contribution in [-0.4, -0.2) is 69.5 Å². The monoisotopic (exact) mass is 481 g/mol. The predicted molar refractivity (Wildman–Crippen MR) is 121 cm³/mol. The van der Waals surface area contributed by atoms with Crippen molar-refractivity contribution in [1.82, 2.24) is 15.5 Å². The third kappa shape index (κ3) is 6.66. The molecule has 0 unspecified atom stereocenters. The van der Waals surface area contributed by atoms with Gasteiger partial charge in [0.15, 0.2) is 21.4 Å². The van der Waals surface area contributed by atoms with Crippen molar-refractivity contribution in [2.24, 2.45) is 11.8 Å². The number of rotatable bonds is 13. The van der Waals surface area contributed by atoms with Crippen molar-refractivity contribution in [3.8, 4) is 5.75 Å². The Morgan fingerprint density at radius 1 is 1.15 bits per heavy atom. The molecule has 3 amide bonds. The van der Waals surface area contributed by atoms with Gasteiger partial charge in [0.25, 0.3) is 0 Å². The lowest BCUT2D eigenvalue weighted by atomic mass is 9.83. The van der Waals surface area contributed by atoms with Crippen molar-refractivity contribution < 1.29 is 27.1 Å². The van der Waals surface area contributed by atoms with E-state index < -0.39 is 15.7 Å². The van der Waals surface area contributed by atoms with Gasteiger partial charge >= 0.3 is 6.03 Å². The average Bonchev–Trinajstić information content (AvgIpc) is 3.49. The molecule has 2 N–H and O–H groups in total. The normalized spacial score (nSPS) is 20.0. The van der Waals surface area contributed by atoms with E-state index in [2.05, 4.69) is 10.6 Å². The molecule has 4 rings (SSSR count). The number of imide groups is 1. The number of ether oxygens (including phenoxy) is 1. The fourth-order valence-electron chi connectivity index (χ4n) is 4.28. The standard InChI is InChI=1S/C23H32FN3O5S/c24-20-7-6-17(10-21(20)32-14-16-4-5-16)19(18-11-25-12-18)15-33(30,31)9-3-1-2-8-27-13-22(28)26-23(27)29/h6-7,10,16,18-19,25H,1-5,8-9,11-15H2,(H,26,28,29)/t19-/m0/s1. The van der Waals surface area contributed by atoms with Crippen LogP contribution in [-0.2, 0) is 14.6 Å². The zero-order valence-corrected chi connectivity index (χ0v) is 19.5. The van der Waals surface area contributed by atoms with E-state index in [1.807, 2.05) is 0 Å². The molecule has 0 aromatic heterocycles. The second-order valence-electron chi connectivity index (χ2n) is 9.42. The summed E-state index contributed by atoms with van der Waals surface area (Å²) in [7, 11) is -3.32. The number of hydrogen-bond acceptors (Lipinski definition) is 6. The zero-order chi connectivity index (χ0) is 23.4. The summed E-state index contributed by atoms with van der Waals surface area (Å²) in [5.41, 5.74) is 0.807. The van der Waals surface area contributed by atoms with Gasteiger partial charge in [0.1, 0.15) is 6.54 Å². The van der Waals surface area contributed by atoms with Crippen LogP contribution >= 0.6 is 0 Å². The maximum atomic E-state index is 14.2. The number of amides is 3. The lowest BCUT2D eigenvalue weighted by Crippen LogP contribution is -2.47. The van der Waals surface area contributed by atoms with Crippen LogP contribution in [0.25, 0.3) is 0 Å². The summed E-state index contributed by atoms with van der Waals surface area (Å²) in [5.74, 6) is 0.0603. The molecule has 3 fully saturated rings. The van der Waals surface area contributed by atoms with Crippen molar-refractivity contribution in [2.45, 2.75) is 38.0 Å². The van der Waals surface area contributed by atoms with Crippen molar-refractivity contribution in [3.63, 3.8) is 0 Å². The third-order valence-corrected chi connectivity index (χ3v) is 8.40.